The van der Waals surface area contributed by atoms with Gasteiger partial charge in [-0.05, 0) is 17.9 Å². The minimum atomic E-state index is -0.226. The molecule has 0 bridgehead atoms. The van der Waals surface area contributed by atoms with Crippen LogP contribution < -0.4 is 5.73 Å². The zero-order valence-corrected chi connectivity index (χ0v) is 8.34. The monoisotopic (exact) mass is 199 g/mol. The van der Waals surface area contributed by atoms with Crippen LogP contribution in [0.2, 0.25) is 0 Å². The summed E-state index contributed by atoms with van der Waals surface area (Å²) in [7, 11) is 1.39. The molecule has 0 spiro atoms. The van der Waals surface area contributed by atoms with Crippen LogP contribution in [0, 0.1) is 5.92 Å². The summed E-state index contributed by atoms with van der Waals surface area (Å²) in [5.41, 5.74) is 5.47. The smallest absolute Gasteiger partial charge is 0.310 e. The van der Waals surface area contributed by atoms with Crippen LogP contribution in [0.3, 0.4) is 0 Å². The van der Waals surface area contributed by atoms with Crippen molar-refractivity contribution in [3.8, 4) is 0 Å². The van der Waals surface area contributed by atoms with Gasteiger partial charge >= 0.3 is 5.97 Å². The van der Waals surface area contributed by atoms with Crippen molar-refractivity contribution < 1.29 is 9.53 Å². The summed E-state index contributed by atoms with van der Waals surface area (Å²) in [5.74, 6) is -0.431. The van der Waals surface area contributed by atoms with E-state index in [1.165, 1.54) is 12.0 Å². The summed E-state index contributed by atoms with van der Waals surface area (Å²) in [5, 5.41) is 1.99. The van der Waals surface area contributed by atoms with Crippen molar-refractivity contribution in [3.63, 3.8) is 0 Å². The third kappa shape index (κ3) is 2.82. The van der Waals surface area contributed by atoms with Gasteiger partial charge < -0.3 is 10.5 Å². The van der Waals surface area contributed by atoms with E-state index in [0.717, 1.165) is 0 Å². The van der Waals surface area contributed by atoms with E-state index < -0.39 is 0 Å². The maximum absolute atomic E-state index is 11.2. The van der Waals surface area contributed by atoms with Crippen molar-refractivity contribution >= 4 is 17.3 Å². The van der Waals surface area contributed by atoms with E-state index in [9.17, 15) is 4.79 Å². The number of ether oxygens (including phenoxy) is 1. The Morgan fingerprint density at radius 2 is 2.54 bits per heavy atom. The largest absolute Gasteiger partial charge is 0.469 e. The molecule has 1 rings (SSSR count). The molecule has 2 N–H and O–H groups in total. The average Bonchev–Trinajstić information content (AvgIpc) is 2.65. The van der Waals surface area contributed by atoms with Gasteiger partial charge in [0, 0.05) is 11.4 Å². The summed E-state index contributed by atoms with van der Waals surface area (Å²) in [6.07, 6.45) is 0.681. The quantitative estimate of drug-likeness (QED) is 0.737. The number of thiophene rings is 1. The molecule has 0 aromatic carbocycles. The molecule has 0 amide bonds. The molecule has 0 saturated carbocycles. The Morgan fingerprint density at radius 1 is 1.77 bits per heavy atom. The van der Waals surface area contributed by atoms with E-state index >= 15 is 0 Å². The molecule has 13 heavy (non-hydrogen) atoms. The van der Waals surface area contributed by atoms with Crippen LogP contribution in [-0.2, 0) is 16.0 Å². The molecule has 3 nitrogen and oxygen atoms in total. The minimum Gasteiger partial charge on any atom is -0.469 e. The van der Waals surface area contributed by atoms with Gasteiger partial charge in [0.05, 0.1) is 13.0 Å². The second kappa shape index (κ2) is 4.99. The third-order valence-corrected chi connectivity index (χ3v) is 2.75. The van der Waals surface area contributed by atoms with Gasteiger partial charge in [-0.3, -0.25) is 4.79 Å². The van der Waals surface area contributed by atoms with Crippen LogP contribution in [0.25, 0.3) is 0 Å². The van der Waals surface area contributed by atoms with Crippen LogP contribution in [0.15, 0.2) is 17.5 Å². The van der Waals surface area contributed by atoms with E-state index in [1.54, 1.807) is 11.3 Å². The topological polar surface area (TPSA) is 52.3 Å². The number of nitrogens with two attached hydrogens (primary N) is 1. The SMILES string of the molecule is COC(=O)C(CN)Cc1cccs1. The maximum Gasteiger partial charge on any atom is 0.310 e. The molecule has 1 aromatic heterocycles. The van der Waals surface area contributed by atoms with Crippen molar-refractivity contribution in [1.82, 2.24) is 0 Å². The predicted molar refractivity (Wildman–Crippen MR) is 52.6 cm³/mol. The van der Waals surface area contributed by atoms with Crippen LogP contribution in [0.5, 0.6) is 0 Å². The molecule has 0 fully saturated rings. The number of rotatable bonds is 4. The fourth-order valence-electron chi connectivity index (χ4n) is 1.10. The Hall–Kier alpha value is -0.870. The predicted octanol–water partition coefficient (Wildman–Crippen LogP) is 1.04. The first-order valence-electron chi connectivity index (χ1n) is 4.08. The van der Waals surface area contributed by atoms with Gasteiger partial charge in [-0.1, -0.05) is 6.07 Å². The number of methoxy groups -OCH3 is 1. The molecular formula is C9H13NO2S. The van der Waals surface area contributed by atoms with Gasteiger partial charge in [0.2, 0.25) is 0 Å². The van der Waals surface area contributed by atoms with Crippen LogP contribution >= 0.6 is 11.3 Å². The van der Waals surface area contributed by atoms with Crippen molar-refractivity contribution in [3.05, 3.63) is 22.4 Å². The number of carbonyl (C=O) groups excluding carboxylic acids is 1. The Morgan fingerprint density at radius 3 is 3.00 bits per heavy atom. The fraction of sp³-hybridized carbons (Fsp3) is 0.444. The molecule has 0 radical (unpaired) electrons. The summed E-state index contributed by atoms with van der Waals surface area (Å²) in [4.78, 5) is 12.3. The highest BCUT2D eigenvalue weighted by Crippen LogP contribution is 2.14. The zero-order chi connectivity index (χ0) is 9.68. The first kappa shape index (κ1) is 10.2. The highest BCUT2D eigenvalue weighted by molar-refractivity contribution is 7.09. The van der Waals surface area contributed by atoms with Gasteiger partial charge in [0.25, 0.3) is 0 Å². The summed E-state index contributed by atoms with van der Waals surface area (Å²) >= 11 is 1.63. The third-order valence-electron chi connectivity index (χ3n) is 1.85. The van der Waals surface area contributed by atoms with E-state index in [4.69, 9.17) is 5.73 Å². The lowest BCUT2D eigenvalue weighted by atomic mass is 10.1. The molecule has 1 aromatic rings. The second-order valence-electron chi connectivity index (χ2n) is 2.74. The van der Waals surface area contributed by atoms with Crippen molar-refractivity contribution in [1.29, 1.82) is 0 Å². The zero-order valence-electron chi connectivity index (χ0n) is 7.53. The standard InChI is InChI=1S/C9H13NO2S/c1-12-9(11)7(6-10)5-8-3-2-4-13-8/h2-4,7H,5-6,10H2,1H3. The van der Waals surface area contributed by atoms with Gasteiger partial charge in [-0.25, -0.2) is 0 Å². The first-order chi connectivity index (χ1) is 6.27. The Kier molecular flexibility index (Phi) is 3.92. The summed E-state index contributed by atoms with van der Waals surface area (Å²) < 4.78 is 4.64. The highest BCUT2D eigenvalue weighted by Gasteiger charge is 2.17. The molecule has 1 heterocycles. The van der Waals surface area contributed by atoms with E-state index in [2.05, 4.69) is 4.74 Å². The molecule has 0 aliphatic heterocycles. The fourth-order valence-corrected chi connectivity index (χ4v) is 1.89. The van der Waals surface area contributed by atoms with Crippen LogP contribution in [0.1, 0.15) is 4.88 Å². The number of hydrogen-bond acceptors (Lipinski definition) is 4. The summed E-state index contributed by atoms with van der Waals surface area (Å²) in [6, 6.07) is 3.96. The first-order valence-corrected chi connectivity index (χ1v) is 4.96. The van der Waals surface area contributed by atoms with Gasteiger partial charge in [-0.15, -0.1) is 11.3 Å². The molecule has 4 heteroatoms. The number of esters is 1. The molecular weight excluding hydrogens is 186 g/mol. The normalized spacial score (nSPS) is 12.5. The Balaban J connectivity index is 2.54. The Bertz CT molecular complexity index is 259. The van der Waals surface area contributed by atoms with Crippen molar-refractivity contribution in [2.24, 2.45) is 11.7 Å². The lowest BCUT2D eigenvalue weighted by Crippen LogP contribution is -2.26. The minimum absolute atomic E-state index is 0.205. The van der Waals surface area contributed by atoms with E-state index in [1.807, 2.05) is 17.5 Å². The highest BCUT2D eigenvalue weighted by atomic mass is 32.1. The molecule has 1 atom stereocenters. The van der Waals surface area contributed by atoms with Gasteiger partial charge in [0.1, 0.15) is 0 Å². The van der Waals surface area contributed by atoms with Gasteiger partial charge in [0.15, 0.2) is 0 Å². The lowest BCUT2D eigenvalue weighted by molar-refractivity contribution is -0.145. The average molecular weight is 199 g/mol. The van der Waals surface area contributed by atoms with Crippen molar-refractivity contribution in [2.45, 2.75) is 6.42 Å². The molecule has 0 aliphatic carbocycles. The molecule has 72 valence electrons. The van der Waals surface area contributed by atoms with Crippen molar-refractivity contribution in [2.75, 3.05) is 13.7 Å². The summed E-state index contributed by atoms with van der Waals surface area (Å²) in [6.45, 7) is 0.338. The second-order valence-corrected chi connectivity index (χ2v) is 3.77. The van der Waals surface area contributed by atoms with Crippen LogP contribution in [-0.4, -0.2) is 19.6 Å². The van der Waals surface area contributed by atoms with E-state index in [-0.39, 0.29) is 11.9 Å². The lowest BCUT2D eigenvalue weighted by Gasteiger charge is -2.10. The molecule has 1 unspecified atom stereocenters. The maximum atomic E-state index is 11.2. The van der Waals surface area contributed by atoms with E-state index in [0.29, 0.717) is 13.0 Å². The van der Waals surface area contributed by atoms with Crippen LogP contribution in [0.4, 0.5) is 0 Å². The Labute approximate surface area is 81.5 Å². The molecule has 0 saturated heterocycles. The molecule has 0 aliphatic rings. The van der Waals surface area contributed by atoms with Gasteiger partial charge in [-0.2, -0.15) is 0 Å². The number of carbonyl (C=O) groups is 1. The number of hydrogen-bond donors (Lipinski definition) is 1.